The van der Waals surface area contributed by atoms with E-state index in [9.17, 15) is 14.4 Å². The van der Waals surface area contributed by atoms with Gasteiger partial charge in [-0.05, 0) is 11.5 Å². The predicted octanol–water partition coefficient (Wildman–Crippen LogP) is 0.959. The Bertz CT molecular complexity index is 528. The maximum atomic E-state index is 12.3. The van der Waals surface area contributed by atoms with E-state index in [0.717, 1.165) is 5.56 Å². The summed E-state index contributed by atoms with van der Waals surface area (Å²) in [6, 6.07) is 7.44. The number of nitrogens with one attached hydrogen (secondary N) is 2. The van der Waals surface area contributed by atoms with Crippen molar-refractivity contribution < 1.29 is 19.5 Å². The van der Waals surface area contributed by atoms with Crippen LogP contribution in [0, 0.1) is 5.92 Å². The average Bonchev–Trinajstić information content (AvgIpc) is 2.43. The number of carbonyl (C=O) groups excluding carboxylic acids is 2. The van der Waals surface area contributed by atoms with Crippen LogP contribution in [0.15, 0.2) is 30.3 Å². The van der Waals surface area contributed by atoms with Gasteiger partial charge in [-0.3, -0.25) is 9.59 Å². The zero-order valence-electron chi connectivity index (χ0n) is 13.0. The fourth-order valence-corrected chi connectivity index (χ4v) is 2.07. The molecule has 0 spiro atoms. The van der Waals surface area contributed by atoms with Crippen LogP contribution < -0.4 is 10.6 Å². The third kappa shape index (κ3) is 5.55. The first kappa shape index (κ1) is 17.7. The van der Waals surface area contributed by atoms with Gasteiger partial charge in [0.15, 0.2) is 0 Å². The predicted molar refractivity (Wildman–Crippen MR) is 82.2 cm³/mol. The molecule has 0 aliphatic heterocycles. The van der Waals surface area contributed by atoms with Crippen molar-refractivity contribution in [2.45, 2.75) is 39.3 Å². The number of hydrogen-bond acceptors (Lipinski definition) is 3. The number of aliphatic carboxylic acids is 1. The van der Waals surface area contributed by atoms with Crippen molar-refractivity contribution in [3.8, 4) is 0 Å². The molecule has 1 rings (SSSR count). The molecule has 0 heterocycles. The van der Waals surface area contributed by atoms with Gasteiger partial charge in [-0.15, -0.1) is 0 Å². The quantitative estimate of drug-likeness (QED) is 0.699. The molecule has 2 amide bonds. The molecule has 22 heavy (non-hydrogen) atoms. The van der Waals surface area contributed by atoms with E-state index in [-0.39, 0.29) is 11.8 Å². The van der Waals surface area contributed by atoms with Crippen molar-refractivity contribution in [3.05, 3.63) is 35.9 Å². The van der Waals surface area contributed by atoms with E-state index in [4.69, 9.17) is 5.11 Å². The first-order valence-electron chi connectivity index (χ1n) is 7.15. The number of carbonyl (C=O) groups is 3. The Morgan fingerprint density at radius 1 is 1.09 bits per heavy atom. The second-order valence-electron chi connectivity index (χ2n) is 5.51. The van der Waals surface area contributed by atoms with E-state index in [0.29, 0.717) is 6.42 Å². The maximum Gasteiger partial charge on any atom is 0.326 e. The molecule has 3 N–H and O–H groups in total. The minimum absolute atomic E-state index is 0.254. The second kappa shape index (κ2) is 8.17. The van der Waals surface area contributed by atoms with Gasteiger partial charge in [0.2, 0.25) is 11.8 Å². The van der Waals surface area contributed by atoms with Crippen molar-refractivity contribution in [1.82, 2.24) is 10.6 Å². The van der Waals surface area contributed by atoms with Gasteiger partial charge in [0.1, 0.15) is 12.1 Å². The van der Waals surface area contributed by atoms with Crippen molar-refractivity contribution in [2.24, 2.45) is 5.92 Å². The highest BCUT2D eigenvalue weighted by Gasteiger charge is 2.28. The lowest BCUT2D eigenvalue weighted by molar-refractivity contribution is -0.143. The van der Waals surface area contributed by atoms with Crippen LogP contribution in [0.1, 0.15) is 26.3 Å². The zero-order chi connectivity index (χ0) is 16.7. The summed E-state index contributed by atoms with van der Waals surface area (Å²) in [6.45, 7) is 4.75. The first-order chi connectivity index (χ1) is 10.3. The summed E-state index contributed by atoms with van der Waals surface area (Å²) in [5.41, 5.74) is 0.882. The number of amides is 2. The topological polar surface area (TPSA) is 95.5 Å². The maximum absolute atomic E-state index is 12.3. The molecule has 0 aromatic heterocycles. The molecule has 120 valence electrons. The Kier molecular flexibility index (Phi) is 6.56. The molecule has 6 nitrogen and oxygen atoms in total. The van der Waals surface area contributed by atoms with Gasteiger partial charge in [0.05, 0.1) is 0 Å². The summed E-state index contributed by atoms with van der Waals surface area (Å²) in [5, 5.41) is 14.2. The third-order valence-corrected chi connectivity index (χ3v) is 3.21. The van der Waals surface area contributed by atoms with Crippen molar-refractivity contribution in [2.75, 3.05) is 0 Å². The SMILES string of the molecule is CC(=O)NC(Cc1ccccc1)C(=O)NC(C(=O)O)C(C)C. The van der Waals surface area contributed by atoms with Crippen molar-refractivity contribution >= 4 is 17.8 Å². The number of benzene rings is 1. The van der Waals surface area contributed by atoms with E-state index in [1.54, 1.807) is 13.8 Å². The summed E-state index contributed by atoms with van der Waals surface area (Å²) in [4.78, 5) is 34.8. The van der Waals surface area contributed by atoms with Gasteiger partial charge < -0.3 is 15.7 Å². The molecule has 0 aliphatic rings. The van der Waals surface area contributed by atoms with Crippen LogP contribution in [0.4, 0.5) is 0 Å². The smallest absolute Gasteiger partial charge is 0.326 e. The summed E-state index contributed by atoms with van der Waals surface area (Å²) >= 11 is 0. The van der Waals surface area contributed by atoms with E-state index in [1.165, 1.54) is 6.92 Å². The zero-order valence-corrected chi connectivity index (χ0v) is 13.0. The Morgan fingerprint density at radius 3 is 2.14 bits per heavy atom. The lowest BCUT2D eigenvalue weighted by Gasteiger charge is -2.23. The lowest BCUT2D eigenvalue weighted by Crippen LogP contribution is -2.53. The van der Waals surface area contributed by atoms with Gasteiger partial charge in [-0.25, -0.2) is 4.79 Å². The number of rotatable bonds is 7. The molecule has 1 aromatic carbocycles. The Hall–Kier alpha value is -2.37. The fourth-order valence-electron chi connectivity index (χ4n) is 2.07. The van der Waals surface area contributed by atoms with Crippen LogP contribution in [-0.4, -0.2) is 35.0 Å². The number of carboxylic acid groups (broad SMARTS) is 1. The van der Waals surface area contributed by atoms with Crippen LogP contribution in [0.25, 0.3) is 0 Å². The van der Waals surface area contributed by atoms with Crippen molar-refractivity contribution in [1.29, 1.82) is 0 Å². The summed E-state index contributed by atoms with van der Waals surface area (Å²) < 4.78 is 0. The molecule has 0 saturated carbocycles. The molecule has 1 aromatic rings. The molecule has 0 aliphatic carbocycles. The van der Waals surface area contributed by atoms with Gasteiger partial charge in [-0.1, -0.05) is 44.2 Å². The molecule has 0 saturated heterocycles. The van der Waals surface area contributed by atoms with E-state index >= 15 is 0 Å². The van der Waals surface area contributed by atoms with Gasteiger partial charge in [-0.2, -0.15) is 0 Å². The van der Waals surface area contributed by atoms with Crippen LogP contribution in [0.3, 0.4) is 0 Å². The molecular formula is C16H22N2O4. The summed E-state index contributed by atoms with van der Waals surface area (Å²) in [6.07, 6.45) is 0.302. The Morgan fingerprint density at radius 2 is 1.68 bits per heavy atom. The minimum Gasteiger partial charge on any atom is -0.480 e. The van der Waals surface area contributed by atoms with E-state index < -0.39 is 24.0 Å². The summed E-state index contributed by atoms with van der Waals surface area (Å²) in [5.74, 6) is -2.19. The monoisotopic (exact) mass is 306 g/mol. The highest BCUT2D eigenvalue weighted by Crippen LogP contribution is 2.06. The largest absolute Gasteiger partial charge is 0.480 e. The molecule has 2 unspecified atom stereocenters. The molecule has 2 atom stereocenters. The summed E-state index contributed by atoms with van der Waals surface area (Å²) in [7, 11) is 0. The van der Waals surface area contributed by atoms with E-state index in [1.807, 2.05) is 30.3 Å². The lowest BCUT2D eigenvalue weighted by atomic mass is 10.0. The van der Waals surface area contributed by atoms with Gasteiger partial charge in [0, 0.05) is 13.3 Å². The van der Waals surface area contributed by atoms with Crippen LogP contribution >= 0.6 is 0 Å². The second-order valence-corrected chi connectivity index (χ2v) is 5.51. The highest BCUT2D eigenvalue weighted by molar-refractivity contribution is 5.90. The van der Waals surface area contributed by atoms with Crippen LogP contribution in [0.2, 0.25) is 0 Å². The molecule has 0 fully saturated rings. The molecular weight excluding hydrogens is 284 g/mol. The minimum atomic E-state index is -1.09. The van der Waals surface area contributed by atoms with E-state index in [2.05, 4.69) is 10.6 Å². The molecule has 0 radical (unpaired) electrons. The standard InChI is InChI=1S/C16H22N2O4/c1-10(2)14(16(21)22)18-15(20)13(17-11(3)19)9-12-7-5-4-6-8-12/h4-8,10,13-14H,9H2,1-3H3,(H,17,19)(H,18,20)(H,21,22). The van der Waals surface area contributed by atoms with Gasteiger partial charge >= 0.3 is 5.97 Å². The first-order valence-corrected chi connectivity index (χ1v) is 7.15. The van der Waals surface area contributed by atoms with Crippen LogP contribution in [0.5, 0.6) is 0 Å². The Labute approximate surface area is 129 Å². The number of carboxylic acids is 1. The third-order valence-electron chi connectivity index (χ3n) is 3.21. The number of hydrogen-bond donors (Lipinski definition) is 3. The van der Waals surface area contributed by atoms with Crippen LogP contribution in [-0.2, 0) is 20.8 Å². The normalized spacial score (nSPS) is 13.3. The van der Waals surface area contributed by atoms with Crippen molar-refractivity contribution in [3.63, 3.8) is 0 Å². The highest BCUT2D eigenvalue weighted by atomic mass is 16.4. The average molecular weight is 306 g/mol. The molecule has 6 heteroatoms. The fraction of sp³-hybridized carbons (Fsp3) is 0.438. The van der Waals surface area contributed by atoms with Gasteiger partial charge in [0.25, 0.3) is 0 Å². The Balaban J connectivity index is 2.84. The molecule has 0 bridgehead atoms.